The molecule has 0 radical (unpaired) electrons. The van der Waals surface area contributed by atoms with E-state index in [0.717, 1.165) is 26.2 Å². The largest absolute Gasteiger partial charge is 0.385 e. The topological polar surface area (TPSA) is 33.3 Å². The summed E-state index contributed by atoms with van der Waals surface area (Å²) in [6.07, 6.45) is 2.43. The van der Waals surface area contributed by atoms with Crippen LogP contribution in [0.15, 0.2) is 18.2 Å². The highest BCUT2D eigenvalue weighted by Gasteiger charge is 2.17. The third-order valence-electron chi connectivity index (χ3n) is 3.56. The Kier molecular flexibility index (Phi) is 4.83. The molecule has 19 heavy (non-hydrogen) atoms. The van der Waals surface area contributed by atoms with Crippen molar-refractivity contribution < 1.29 is 4.74 Å². The van der Waals surface area contributed by atoms with E-state index in [-0.39, 0.29) is 5.60 Å². The molecule has 0 aliphatic carbocycles. The summed E-state index contributed by atoms with van der Waals surface area (Å²) < 4.78 is 5.70. The molecule has 2 N–H and O–H groups in total. The third kappa shape index (κ3) is 3.95. The predicted octanol–water partition coefficient (Wildman–Crippen LogP) is 2.95. The van der Waals surface area contributed by atoms with Crippen LogP contribution in [0.3, 0.4) is 0 Å². The maximum atomic E-state index is 5.70. The lowest BCUT2D eigenvalue weighted by Gasteiger charge is -2.26. The number of hydrogen-bond donors (Lipinski definition) is 2. The van der Waals surface area contributed by atoms with E-state index in [9.17, 15) is 0 Å². The molecular weight excluding hydrogens is 236 g/mol. The van der Waals surface area contributed by atoms with Crippen LogP contribution in [0.5, 0.6) is 0 Å². The van der Waals surface area contributed by atoms with Crippen molar-refractivity contribution in [1.82, 2.24) is 5.32 Å². The van der Waals surface area contributed by atoms with Crippen molar-refractivity contribution in [1.29, 1.82) is 0 Å². The number of para-hydroxylation sites is 1. The van der Waals surface area contributed by atoms with Crippen LogP contribution in [0.2, 0.25) is 0 Å². The average molecular weight is 262 g/mol. The second-order valence-corrected chi connectivity index (χ2v) is 5.78. The number of fused-ring (bicyclic) bond motifs is 1. The van der Waals surface area contributed by atoms with Gasteiger partial charge in [0.1, 0.15) is 0 Å². The highest BCUT2D eigenvalue weighted by Crippen LogP contribution is 2.25. The molecule has 0 saturated carbocycles. The van der Waals surface area contributed by atoms with Crippen LogP contribution in [-0.4, -0.2) is 25.3 Å². The first-order valence-corrected chi connectivity index (χ1v) is 7.32. The molecular formula is C16H26N2O. The number of ether oxygens (including phenoxy) is 1. The fourth-order valence-electron chi connectivity index (χ4n) is 2.67. The molecule has 0 spiro atoms. The van der Waals surface area contributed by atoms with E-state index in [1.165, 1.54) is 29.7 Å². The van der Waals surface area contributed by atoms with Crippen molar-refractivity contribution in [3.05, 3.63) is 29.3 Å². The van der Waals surface area contributed by atoms with Gasteiger partial charge in [-0.3, -0.25) is 0 Å². The fraction of sp³-hybridized carbons (Fsp3) is 0.625. The molecule has 3 heteroatoms. The minimum Gasteiger partial charge on any atom is -0.385 e. The quantitative estimate of drug-likeness (QED) is 0.827. The van der Waals surface area contributed by atoms with E-state index in [1.54, 1.807) is 0 Å². The Morgan fingerprint density at radius 3 is 3.00 bits per heavy atom. The molecule has 3 nitrogen and oxygen atoms in total. The van der Waals surface area contributed by atoms with Gasteiger partial charge in [-0.25, -0.2) is 0 Å². The minimum absolute atomic E-state index is 0.100. The van der Waals surface area contributed by atoms with Crippen molar-refractivity contribution in [3.8, 4) is 0 Å². The highest BCUT2D eigenvalue weighted by atomic mass is 16.5. The second-order valence-electron chi connectivity index (χ2n) is 5.78. The zero-order valence-corrected chi connectivity index (χ0v) is 12.4. The van der Waals surface area contributed by atoms with E-state index in [2.05, 4.69) is 42.7 Å². The summed E-state index contributed by atoms with van der Waals surface area (Å²) in [5.74, 6) is 0. The van der Waals surface area contributed by atoms with Crippen molar-refractivity contribution in [2.24, 2.45) is 0 Å². The molecule has 1 aliphatic rings. The Morgan fingerprint density at radius 1 is 1.37 bits per heavy atom. The average Bonchev–Trinajstić information content (AvgIpc) is 2.39. The van der Waals surface area contributed by atoms with Gasteiger partial charge in [0.25, 0.3) is 0 Å². The normalized spacial score (nSPS) is 14.9. The number of hydrogen-bond acceptors (Lipinski definition) is 3. The van der Waals surface area contributed by atoms with Gasteiger partial charge >= 0.3 is 0 Å². The van der Waals surface area contributed by atoms with Crippen molar-refractivity contribution in [2.75, 3.05) is 25.0 Å². The van der Waals surface area contributed by atoms with E-state index in [0.29, 0.717) is 0 Å². The second kappa shape index (κ2) is 6.40. The van der Waals surface area contributed by atoms with Gasteiger partial charge in [-0.05, 0) is 44.7 Å². The monoisotopic (exact) mass is 262 g/mol. The minimum atomic E-state index is -0.100. The summed E-state index contributed by atoms with van der Waals surface area (Å²) in [5.41, 5.74) is 4.06. The predicted molar refractivity (Wildman–Crippen MR) is 80.7 cm³/mol. The Balaban J connectivity index is 1.93. The fourth-order valence-corrected chi connectivity index (χ4v) is 2.67. The van der Waals surface area contributed by atoms with Gasteiger partial charge in [0.05, 0.1) is 5.60 Å². The van der Waals surface area contributed by atoms with Gasteiger partial charge in [0.15, 0.2) is 0 Å². The lowest BCUT2D eigenvalue weighted by Crippen LogP contribution is -2.37. The molecule has 1 heterocycles. The van der Waals surface area contributed by atoms with Gasteiger partial charge in [-0.1, -0.05) is 18.2 Å². The van der Waals surface area contributed by atoms with Gasteiger partial charge < -0.3 is 15.4 Å². The molecule has 0 saturated heterocycles. The maximum absolute atomic E-state index is 5.70. The Hall–Kier alpha value is -1.06. The Bertz CT molecular complexity index is 415. The van der Waals surface area contributed by atoms with E-state index in [1.807, 2.05) is 6.92 Å². The third-order valence-corrected chi connectivity index (χ3v) is 3.56. The molecule has 0 unspecified atom stereocenters. The molecule has 2 rings (SSSR count). The van der Waals surface area contributed by atoms with Crippen LogP contribution in [0.25, 0.3) is 0 Å². The lowest BCUT2D eigenvalue weighted by atomic mass is 9.99. The van der Waals surface area contributed by atoms with Gasteiger partial charge in [0.2, 0.25) is 0 Å². The van der Waals surface area contributed by atoms with Gasteiger partial charge in [-0.15, -0.1) is 0 Å². The van der Waals surface area contributed by atoms with Gasteiger partial charge in [0, 0.05) is 31.9 Å². The molecule has 1 aliphatic heterocycles. The smallest absolute Gasteiger partial charge is 0.0750 e. The summed E-state index contributed by atoms with van der Waals surface area (Å²) in [7, 11) is 0. The van der Waals surface area contributed by atoms with Crippen LogP contribution in [-0.2, 0) is 17.7 Å². The zero-order valence-electron chi connectivity index (χ0n) is 12.4. The van der Waals surface area contributed by atoms with Crippen LogP contribution < -0.4 is 10.6 Å². The number of anilines is 1. The molecule has 106 valence electrons. The summed E-state index contributed by atoms with van der Waals surface area (Å²) in [6, 6.07) is 6.60. The SMILES string of the molecule is CCOC(C)(C)CNCc1cccc2c1NCCC2. The molecule has 0 aromatic heterocycles. The molecule has 0 amide bonds. The lowest BCUT2D eigenvalue weighted by molar-refractivity contribution is -0.00896. The van der Waals surface area contributed by atoms with Gasteiger partial charge in [-0.2, -0.15) is 0 Å². The van der Waals surface area contributed by atoms with E-state index < -0.39 is 0 Å². The van der Waals surface area contributed by atoms with Crippen molar-refractivity contribution >= 4 is 5.69 Å². The van der Waals surface area contributed by atoms with Crippen molar-refractivity contribution in [2.45, 2.75) is 45.8 Å². The molecule has 1 aromatic rings. The molecule has 0 atom stereocenters. The maximum Gasteiger partial charge on any atom is 0.0750 e. The van der Waals surface area contributed by atoms with Crippen LogP contribution in [0.1, 0.15) is 38.3 Å². The molecule has 1 aromatic carbocycles. The Labute approximate surface area is 116 Å². The highest BCUT2D eigenvalue weighted by molar-refractivity contribution is 5.59. The van der Waals surface area contributed by atoms with E-state index in [4.69, 9.17) is 4.74 Å². The zero-order chi connectivity index (χ0) is 13.7. The number of benzene rings is 1. The standard InChI is InChI=1S/C16H26N2O/c1-4-19-16(2,3)12-17-11-14-8-5-7-13-9-6-10-18-15(13)14/h5,7-8,17-18H,4,6,9-12H2,1-3H3. The van der Waals surface area contributed by atoms with Crippen LogP contribution in [0.4, 0.5) is 5.69 Å². The first-order valence-electron chi connectivity index (χ1n) is 7.32. The number of nitrogens with one attached hydrogen (secondary N) is 2. The van der Waals surface area contributed by atoms with E-state index >= 15 is 0 Å². The van der Waals surface area contributed by atoms with Crippen LogP contribution >= 0.6 is 0 Å². The molecule has 0 bridgehead atoms. The van der Waals surface area contributed by atoms with Crippen molar-refractivity contribution in [3.63, 3.8) is 0 Å². The molecule has 0 fully saturated rings. The Morgan fingerprint density at radius 2 is 2.21 bits per heavy atom. The number of rotatable bonds is 6. The summed E-state index contributed by atoms with van der Waals surface area (Å²) in [6.45, 7) is 9.91. The first kappa shape index (κ1) is 14.4. The first-order chi connectivity index (χ1) is 9.12. The number of aryl methyl sites for hydroxylation is 1. The van der Waals surface area contributed by atoms with Crippen LogP contribution in [0, 0.1) is 0 Å². The summed E-state index contributed by atoms with van der Waals surface area (Å²) >= 11 is 0. The summed E-state index contributed by atoms with van der Waals surface area (Å²) in [4.78, 5) is 0. The summed E-state index contributed by atoms with van der Waals surface area (Å²) in [5, 5.41) is 7.04.